The molecule has 3 aliphatic carbocycles. The molecule has 4 rings (SSSR count). The zero-order valence-corrected chi connectivity index (χ0v) is 20.7. The fraction of sp³-hybridized carbons (Fsp3) is 0.519. The first-order valence-corrected chi connectivity index (χ1v) is 11.5. The van der Waals surface area contributed by atoms with Crippen molar-refractivity contribution < 1.29 is 34.8 Å². The molecule has 0 aromatic heterocycles. The largest absolute Gasteiger partial charge is 0.511 e. The number of rotatable bonds is 1. The standard InChI is InChI=1S/C27H32O7/c1-12-8-15(24(3,4)5)20(30)18-14(12)9-25(6)11-26(7)10-16(29)17(13(2)28)22(32)27(26,34)23(33)19(25)21(18)31/h8,29-30,33-34H,9-11H2,1-7H3/t25-,26+,27+/m1/s1. The first kappa shape index (κ1) is 24.2. The number of Topliss-reactive ketones (excluding diaryl/α,β-unsaturated/α-hetero) is 3. The van der Waals surface area contributed by atoms with Crippen LogP contribution in [0.15, 0.2) is 28.7 Å². The summed E-state index contributed by atoms with van der Waals surface area (Å²) in [6.07, 6.45) is 0.190. The molecule has 0 radical (unpaired) electrons. The van der Waals surface area contributed by atoms with E-state index in [0.717, 1.165) is 12.5 Å². The van der Waals surface area contributed by atoms with Gasteiger partial charge in [0.1, 0.15) is 22.8 Å². The molecule has 0 saturated carbocycles. The molecule has 0 amide bonds. The molecule has 7 nitrogen and oxygen atoms in total. The van der Waals surface area contributed by atoms with E-state index in [1.54, 1.807) is 13.8 Å². The lowest BCUT2D eigenvalue weighted by Gasteiger charge is -2.56. The van der Waals surface area contributed by atoms with Crippen molar-refractivity contribution in [1.82, 2.24) is 0 Å². The molecule has 0 saturated heterocycles. The maximum absolute atomic E-state index is 13.9. The van der Waals surface area contributed by atoms with Gasteiger partial charge in [0.15, 0.2) is 17.2 Å². The molecule has 182 valence electrons. The van der Waals surface area contributed by atoms with Gasteiger partial charge in [0.25, 0.3) is 0 Å². The summed E-state index contributed by atoms with van der Waals surface area (Å²) in [7, 11) is 0. The molecule has 0 heterocycles. The van der Waals surface area contributed by atoms with Gasteiger partial charge < -0.3 is 20.4 Å². The summed E-state index contributed by atoms with van der Waals surface area (Å²) in [6.45, 7) is 12.1. The van der Waals surface area contributed by atoms with Gasteiger partial charge in [-0.15, -0.1) is 0 Å². The van der Waals surface area contributed by atoms with Crippen molar-refractivity contribution in [2.75, 3.05) is 0 Å². The Kier molecular flexibility index (Phi) is 4.85. The van der Waals surface area contributed by atoms with Crippen LogP contribution in [0.2, 0.25) is 0 Å². The lowest BCUT2D eigenvalue weighted by molar-refractivity contribution is -0.159. The number of carbonyl (C=O) groups excluding carboxylic acids is 3. The molecule has 34 heavy (non-hydrogen) atoms. The minimum atomic E-state index is -2.55. The van der Waals surface area contributed by atoms with Gasteiger partial charge in [0.05, 0.1) is 5.56 Å². The Bertz CT molecular complexity index is 1260. The molecule has 0 fully saturated rings. The molecule has 0 spiro atoms. The van der Waals surface area contributed by atoms with Crippen molar-refractivity contribution in [3.8, 4) is 5.75 Å². The second-order valence-electron chi connectivity index (χ2n) is 11.8. The molecule has 3 aliphatic rings. The van der Waals surface area contributed by atoms with Gasteiger partial charge in [-0.3, -0.25) is 14.4 Å². The van der Waals surface area contributed by atoms with Crippen molar-refractivity contribution in [3.05, 3.63) is 51.0 Å². The molecule has 4 N–H and O–H groups in total. The van der Waals surface area contributed by atoms with E-state index in [1.807, 2.05) is 33.8 Å². The predicted octanol–water partition coefficient (Wildman–Crippen LogP) is 4.07. The third-order valence-electron chi connectivity index (χ3n) is 8.05. The highest BCUT2D eigenvalue weighted by Crippen LogP contribution is 2.62. The van der Waals surface area contributed by atoms with E-state index in [9.17, 15) is 34.8 Å². The summed E-state index contributed by atoms with van der Waals surface area (Å²) in [5.74, 6) is -3.87. The van der Waals surface area contributed by atoms with Gasteiger partial charge in [-0.05, 0) is 43.2 Å². The van der Waals surface area contributed by atoms with Crippen LogP contribution in [0.3, 0.4) is 0 Å². The Morgan fingerprint density at radius 2 is 1.65 bits per heavy atom. The van der Waals surface area contributed by atoms with E-state index in [1.165, 1.54) is 0 Å². The summed E-state index contributed by atoms with van der Waals surface area (Å²) in [4.78, 5) is 39.3. The number of hydrogen-bond donors (Lipinski definition) is 4. The number of ketones is 3. The Morgan fingerprint density at radius 1 is 1.06 bits per heavy atom. The summed E-state index contributed by atoms with van der Waals surface area (Å²) in [6, 6.07) is 1.87. The van der Waals surface area contributed by atoms with Crippen LogP contribution in [0.25, 0.3) is 0 Å². The van der Waals surface area contributed by atoms with Crippen LogP contribution in [0.1, 0.15) is 81.4 Å². The molecular weight excluding hydrogens is 436 g/mol. The van der Waals surface area contributed by atoms with Gasteiger partial charge >= 0.3 is 0 Å². The maximum Gasteiger partial charge on any atom is 0.209 e. The van der Waals surface area contributed by atoms with Crippen molar-refractivity contribution in [2.45, 2.75) is 78.7 Å². The number of carbonyl (C=O) groups is 3. The fourth-order valence-corrected chi connectivity index (χ4v) is 6.47. The third kappa shape index (κ3) is 2.82. The van der Waals surface area contributed by atoms with E-state index in [4.69, 9.17) is 0 Å². The van der Waals surface area contributed by atoms with Gasteiger partial charge in [0, 0.05) is 28.4 Å². The highest BCUT2D eigenvalue weighted by atomic mass is 16.3. The van der Waals surface area contributed by atoms with Crippen LogP contribution in [0.4, 0.5) is 0 Å². The number of allylic oxidation sites excluding steroid dienone is 2. The van der Waals surface area contributed by atoms with Gasteiger partial charge in [0.2, 0.25) is 5.78 Å². The summed E-state index contributed by atoms with van der Waals surface area (Å²) >= 11 is 0. The van der Waals surface area contributed by atoms with Gasteiger partial charge in [-0.1, -0.05) is 40.7 Å². The van der Waals surface area contributed by atoms with E-state index in [2.05, 4.69) is 0 Å². The number of aromatic hydroxyl groups is 1. The minimum absolute atomic E-state index is 0.0737. The second-order valence-corrected chi connectivity index (χ2v) is 11.8. The van der Waals surface area contributed by atoms with Crippen molar-refractivity contribution >= 4 is 17.3 Å². The number of aliphatic hydroxyl groups excluding tert-OH is 2. The number of phenolic OH excluding ortho intramolecular Hbond substituents is 1. The lowest BCUT2D eigenvalue weighted by Crippen LogP contribution is -2.63. The molecule has 3 atom stereocenters. The fourth-order valence-electron chi connectivity index (χ4n) is 6.47. The van der Waals surface area contributed by atoms with Crippen molar-refractivity contribution in [2.24, 2.45) is 10.8 Å². The average molecular weight is 469 g/mol. The quantitative estimate of drug-likeness (QED) is 0.457. The number of aliphatic hydroxyl groups is 3. The monoisotopic (exact) mass is 468 g/mol. The van der Waals surface area contributed by atoms with Crippen LogP contribution in [-0.4, -0.2) is 43.4 Å². The number of phenols is 1. The summed E-state index contributed by atoms with van der Waals surface area (Å²) in [5.41, 5.74) is -3.86. The number of benzene rings is 1. The number of fused-ring (bicyclic) bond motifs is 3. The third-order valence-corrected chi connectivity index (χ3v) is 8.05. The van der Waals surface area contributed by atoms with Crippen molar-refractivity contribution in [3.63, 3.8) is 0 Å². The minimum Gasteiger partial charge on any atom is -0.511 e. The van der Waals surface area contributed by atoms with Gasteiger partial charge in [-0.25, -0.2) is 0 Å². The Labute approximate surface area is 198 Å². The van der Waals surface area contributed by atoms with E-state index >= 15 is 0 Å². The van der Waals surface area contributed by atoms with E-state index in [-0.39, 0.29) is 29.7 Å². The smallest absolute Gasteiger partial charge is 0.209 e. The molecule has 0 aliphatic heterocycles. The first-order valence-electron chi connectivity index (χ1n) is 11.5. The van der Waals surface area contributed by atoms with Crippen LogP contribution in [0, 0.1) is 17.8 Å². The Morgan fingerprint density at radius 3 is 2.18 bits per heavy atom. The average Bonchev–Trinajstić information content (AvgIpc) is 2.65. The molecule has 0 unspecified atom stereocenters. The summed E-state index contributed by atoms with van der Waals surface area (Å²) < 4.78 is 0. The molecule has 0 bridgehead atoms. The van der Waals surface area contributed by atoms with Gasteiger partial charge in [-0.2, -0.15) is 0 Å². The first-order chi connectivity index (χ1) is 15.4. The van der Waals surface area contributed by atoms with Crippen molar-refractivity contribution in [1.29, 1.82) is 0 Å². The zero-order valence-electron chi connectivity index (χ0n) is 20.7. The molecule has 1 aromatic rings. The summed E-state index contributed by atoms with van der Waals surface area (Å²) in [5, 5.41) is 44.8. The van der Waals surface area contributed by atoms with Crippen LogP contribution >= 0.6 is 0 Å². The topological polar surface area (TPSA) is 132 Å². The number of aryl methyl sites for hydroxylation is 1. The Balaban J connectivity index is 2.04. The highest BCUT2D eigenvalue weighted by molar-refractivity contribution is 6.25. The molecule has 1 aromatic carbocycles. The van der Waals surface area contributed by atoms with E-state index in [0.29, 0.717) is 17.5 Å². The molecular formula is C27H32O7. The lowest BCUT2D eigenvalue weighted by atomic mass is 9.48. The van der Waals surface area contributed by atoms with Crippen LogP contribution in [0.5, 0.6) is 5.75 Å². The predicted molar refractivity (Wildman–Crippen MR) is 125 cm³/mol. The SMILES string of the molecule is CC(=O)C1=C(O)C[C@@]2(C)C[C@@]3(C)Cc4c(C)cc(C(C)(C)C)c(O)c4C(=O)C3=C(O)[C@@]2(O)C1=O. The highest BCUT2D eigenvalue weighted by Gasteiger charge is 2.67. The molecule has 7 heteroatoms. The Hall–Kier alpha value is -2.93. The normalized spacial score (nSPS) is 31.3. The second kappa shape index (κ2) is 6.81. The number of hydrogen-bond acceptors (Lipinski definition) is 7. The maximum atomic E-state index is 13.9. The van der Waals surface area contributed by atoms with E-state index < -0.39 is 56.3 Å². The zero-order chi connectivity index (χ0) is 25.8. The van der Waals surface area contributed by atoms with Crippen LogP contribution < -0.4 is 0 Å². The van der Waals surface area contributed by atoms with Crippen LogP contribution in [-0.2, 0) is 21.4 Å².